The zero-order chi connectivity index (χ0) is 15.7. The summed E-state index contributed by atoms with van der Waals surface area (Å²) in [5.74, 6) is 3.90. The molecule has 1 N–H and O–H groups in total. The van der Waals surface area contributed by atoms with E-state index in [2.05, 4.69) is 20.8 Å². The minimum Gasteiger partial charge on any atom is -0.385 e. The van der Waals surface area contributed by atoms with Gasteiger partial charge in [0.1, 0.15) is 6.10 Å². The third-order valence-corrected chi connectivity index (χ3v) is 8.66. The molecule has 0 spiro atoms. The largest absolute Gasteiger partial charge is 0.385 e. The van der Waals surface area contributed by atoms with E-state index < -0.39 is 6.10 Å². The highest BCUT2D eigenvalue weighted by atomic mass is 16.3. The number of fused-ring (bicyclic) bond motifs is 5. The van der Waals surface area contributed by atoms with Crippen molar-refractivity contribution in [2.45, 2.75) is 78.2 Å². The van der Waals surface area contributed by atoms with Crippen LogP contribution in [0, 0.1) is 40.4 Å². The van der Waals surface area contributed by atoms with Gasteiger partial charge in [-0.3, -0.25) is 4.79 Å². The molecule has 0 saturated heterocycles. The van der Waals surface area contributed by atoms with Gasteiger partial charge < -0.3 is 5.11 Å². The zero-order valence-electron chi connectivity index (χ0n) is 14.5. The molecule has 124 valence electrons. The Morgan fingerprint density at radius 1 is 1.00 bits per heavy atom. The van der Waals surface area contributed by atoms with Gasteiger partial charge in [-0.2, -0.15) is 0 Å². The van der Waals surface area contributed by atoms with Gasteiger partial charge >= 0.3 is 0 Å². The molecule has 0 amide bonds. The Morgan fingerprint density at radius 2 is 1.77 bits per heavy atom. The van der Waals surface area contributed by atoms with Gasteiger partial charge in [-0.15, -0.1) is 0 Å². The van der Waals surface area contributed by atoms with E-state index in [1.165, 1.54) is 38.5 Å². The zero-order valence-corrected chi connectivity index (χ0v) is 14.5. The smallest absolute Gasteiger partial charge is 0.167 e. The van der Waals surface area contributed by atoms with Crippen LogP contribution in [0.3, 0.4) is 0 Å². The number of Topliss-reactive ketones (excluding diaryl/α,β-unsaturated/α-hetero) is 1. The average molecular weight is 304 g/mol. The minimum atomic E-state index is -0.675. The Morgan fingerprint density at radius 3 is 2.55 bits per heavy atom. The van der Waals surface area contributed by atoms with Crippen molar-refractivity contribution >= 4 is 5.78 Å². The Bertz CT molecular complexity index is 486. The van der Waals surface area contributed by atoms with Gasteiger partial charge in [0, 0.05) is 5.41 Å². The molecule has 0 bridgehead atoms. The first kappa shape index (κ1) is 15.2. The number of aliphatic hydroxyl groups excluding tert-OH is 1. The molecular weight excluding hydrogens is 272 g/mol. The average Bonchev–Trinajstić information content (AvgIpc) is 2.72. The molecule has 4 fully saturated rings. The lowest BCUT2D eigenvalue weighted by molar-refractivity contribution is -0.142. The number of hydrogen-bond donors (Lipinski definition) is 1. The molecule has 0 radical (unpaired) electrons. The molecule has 22 heavy (non-hydrogen) atoms. The van der Waals surface area contributed by atoms with E-state index in [0.717, 1.165) is 30.6 Å². The number of carbonyl (C=O) groups excluding carboxylic acids is 1. The van der Waals surface area contributed by atoms with Crippen molar-refractivity contribution < 1.29 is 9.90 Å². The number of hydrogen-bond acceptors (Lipinski definition) is 2. The molecule has 0 aromatic carbocycles. The highest BCUT2D eigenvalue weighted by Gasteiger charge is 2.61. The number of aliphatic hydroxyl groups is 1. The lowest BCUT2D eigenvalue weighted by atomic mass is 9.45. The minimum absolute atomic E-state index is 0.153. The lowest BCUT2D eigenvalue weighted by Gasteiger charge is -2.60. The van der Waals surface area contributed by atoms with Crippen LogP contribution >= 0.6 is 0 Å². The van der Waals surface area contributed by atoms with Gasteiger partial charge in [-0.25, -0.2) is 0 Å². The standard InChI is InChI=1S/C20H32O2/c1-12-6-8-19(2)13(10-12)4-5-14-15(19)7-9-20(3)16(14)11-17(21)18(20)22/h12-17,21H,4-11H2,1-3H3/t12-,13-,14+,15-,16-,17+,19-,20-/m0/s1. The van der Waals surface area contributed by atoms with Crippen molar-refractivity contribution in [2.24, 2.45) is 40.4 Å². The fraction of sp³-hybridized carbons (Fsp3) is 0.950. The van der Waals surface area contributed by atoms with Crippen LogP contribution in [-0.4, -0.2) is 17.0 Å². The normalized spacial score (nSPS) is 57.9. The van der Waals surface area contributed by atoms with Crippen molar-refractivity contribution in [2.75, 3.05) is 0 Å². The second-order valence-electron chi connectivity index (χ2n) is 9.61. The first-order valence-corrected chi connectivity index (χ1v) is 9.58. The van der Waals surface area contributed by atoms with E-state index in [1.807, 2.05) is 0 Å². The van der Waals surface area contributed by atoms with Gasteiger partial charge in [0.25, 0.3) is 0 Å². The van der Waals surface area contributed by atoms with Crippen LogP contribution in [0.15, 0.2) is 0 Å². The van der Waals surface area contributed by atoms with Gasteiger partial charge in [-0.05, 0) is 80.0 Å². The van der Waals surface area contributed by atoms with Crippen molar-refractivity contribution in [3.8, 4) is 0 Å². The molecule has 0 heterocycles. The topological polar surface area (TPSA) is 37.3 Å². The second-order valence-corrected chi connectivity index (χ2v) is 9.61. The molecule has 4 aliphatic carbocycles. The first-order valence-electron chi connectivity index (χ1n) is 9.58. The van der Waals surface area contributed by atoms with Crippen molar-refractivity contribution in [1.82, 2.24) is 0 Å². The number of carbonyl (C=O) groups is 1. The maximum atomic E-state index is 12.5. The highest BCUT2D eigenvalue weighted by Crippen LogP contribution is 2.65. The summed E-state index contributed by atoms with van der Waals surface area (Å²) in [5.41, 5.74) is 0.291. The van der Waals surface area contributed by atoms with E-state index >= 15 is 0 Å². The number of rotatable bonds is 0. The lowest BCUT2D eigenvalue weighted by Crippen LogP contribution is -2.53. The summed E-state index contributed by atoms with van der Waals surface area (Å²) >= 11 is 0. The molecule has 8 atom stereocenters. The third-order valence-electron chi connectivity index (χ3n) is 8.66. The first-order chi connectivity index (χ1) is 10.4. The van der Waals surface area contributed by atoms with E-state index in [1.54, 1.807) is 0 Å². The Balaban J connectivity index is 1.64. The van der Waals surface area contributed by atoms with Gasteiger partial charge in [-0.1, -0.05) is 27.2 Å². The summed E-state index contributed by atoms with van der Waals surface area (Å²) in [6.07, 6.45) is 9.17. The maximum Gasteiger partial charge on any atom is 0.167 e. The van der Waals surface area contributed by atoms with Crippen LogP contribution in [0.25, 0.3) is 0 Å². The highest BCUT2D eigenvalue weighted by molar-refractivity contribution is 5.91. The van der Waals surface area contributed by atoms with Crippen LogP contribution in [0.2, 0.25) is 0 Å². The molecule has 0 aromatic heterocycles. The van der Waals surface area contributed by atoms with Crippen LogP contribution in [0.1, 0.15) is 72.1 Å². The monoisotopic (exact) mass is 304 g/mol. The van der Waals surface area contributed by atoms with Gasteiger partial charge in [0.15, 0.2) is 5.78 Å². The van der Waals surface area contributed by atoms with Gasteiger partial charge in [0.05, 0.1) is 0 Å². The quantitative estimate of drug-likeness (QED) is 0.728. The molecule has 4 aliphatic rings. The van der Waals surface area contributed by atoms with E-state index in [9.17, 15) is 9.90 Å². The SMILES string of the molecule is C[C@H]1CC[C@@]2(C)[C@@H](CC[C@@H]3[C@@H]2CC[C@]2(C)C(=O)[C@H](O)C[C@@H]32)C1. The fourth-order valence-corrected chi connectivity index (χ4v) is 7.26. The van der Waals surface area contributed by atoms with E-state index in [0.29, 0.717) is 17.3 Å². The molecule has 4 saturated carbocycles. The van der Waals surface area contributed by atoms with Gasteiger partial charge in [0.2, 0.25) is 0 Å². The fourth-order valence-electron chi connectivity index (χ4n) is 7.26. The summed E-state index contributed by atoms with van der Waals surface area (Å²) in [6, 6.07) is 0. The Labute approximate surface area is 135 Å². The predicted octanol–water partition coefficient (Wildman–Crippen LogP) is 4.21. The summed E-state index contributed by atoms with van der Waals surface area (Å²) < 4.78 is 0. The van der Waals surface area contributed by atoms with Crippen LogP contribution < -0.4 is 0 Å². The Hall–Kier alpha value is -0.370. The molecule has 0 aromatic rings. The van der Waals surface area contributed by atoms with Crippen LogP contribution in [0.4, 0.5) is 0 Å². The molecule has 2 nitrogen and oxygen atoms in total. The van der Waals surface area contributed by atoms with E-state index in [-0.39, 0.29) is 11.2 Å². The Kier molecular flexibility index (Phi) is 3.32. The van der Waals surface area contributed by atoms with Crippen molar-refractivity contribution in [1.29, 1.82) is 0 Å². The summed E-state index contributed by atoms with van der Waals surface area (Å²) in [5, 5.41) is 10.2. The predicted molar refractivity (Wildman–Crippen MR) is 87.3 cm³/mol. The second kappa shape index (κ2) is 4.82. The molecule has 4 rings (SSSR count). The third kappa shape index (κ3) is 1.85. The molecule has 2 heteroatoms. The van der Waals surface area contributed by atoms with Crippen LogP contribution in [-0.2, 0) is 4.79 Å². The van der Waals surface area contributed by atoms with E-state index in [4.69, 9.17) is 0 Å². The van der Waals surface area contributed by atoms with Crippen LogP contribution in [0.5, 0.6) is 0 Å². The summed E-state index contributed by atoms with van der Waals surface area (Å²) in [4.78, 5) is 12.5. The summed E-state index contributed by atoms with van der Waals surface area (Å²) in [7, 11) is 0. The summed E-state index contributed by atoms with van der Waals surface area (Å²) in [6.45, 7) is 7.15. The molecule has 0 aliphatic heterocycles. The van der Waals surface area contributed by atoms with Crippen molar-refractivity contribution in [3.05, 3.63) is 0 Å². The molecular formula is C20H32O2. The molecule has 0 unspecified atom stereocenters. The maximum absolute atomic E-state index is 12.5. The number of ketones is 1. The van der Waals surface area contributed by atoms with Crippen molar-refractivity contribution in [3.63, 3.8) is 0 Å².